The Hall–Kier alpha value is -1.04. The Morgan fingerprint density at radius 3 is 2.87 bits per heavy atom. The molecule has 4 unspecified atom stereocenters. The summed E-state index contributed by atoms with van der Waals surface area (Å²) in [6, 6.07) is 2.08. The summed E-state index contributed by atoms with van der Waals surface area (Å²) in [6.45, 7) is 1.90. The second-order valence-electron chi connectivity index (χ2n) is 5.05. The van der Waals surface area contributed by atoms with E-state index < -0.39 is 0 Å². The van der Waals surface area contributed by atoms with Crippen LogP contribution >= 0.6 is 0 Å². The minimum absolute atomic E-state index is 0.00151. The molecule has 2 bridgehead atoms. The summed E-state index contributed by atoms with van der Waals surface area (Å²) in [5.74, 6) is 1.86. The number of rotatable bonds is 3. The standard InChI is InChI=1S/C12H18N2O/c1-8(4-5-13)14-12(15)11-7-9-2-3-10(11)6-9/h8-11H,2-4,6-7H2,1H3,(H,14,15). The van der Waals surface area contributed by atoms with Crippen molar-refractivity contribution in [3.05, 3.63) is 0 Å². The van der Waals surface area contributed by atoms with Gasteiger partial charge in [0.2, 0.25) is 5.91 Å². The Labute approximate surface area is 90.8 Å². The zero-order valence-electron chi connectivity index (χ0n) is 9.20. The van der Waals surface area contributed by atoms with Crippen LogP contribution < -0.4 is 5.32 Å². The number of hydrogen-bond acceptors (Lipinski definition) is 2. The lowest BCUT2D eigenvalue weighted by atomic mass is 9.88. The minimum Gasteiger partial charge on any atom is -0.352 e. The van der Waals surface area contributed by atoms with Gasteiger partial charge in [-0.05, 0) is 38.0 Å². The van der Waals surface area contributed by atoms with Crippen LogP contribution in [0.15, 0.2) is 0 Å². The molecule has 15 heavy (non-hydrogen) atoms. The number of fused-ring (bicyclic) bond motifs is 2. The van der Waals surface area contributed by atoms with Crippen molar-refractivity contribution in [1.29, 1.82) is 5.26 Å². The minimum atomic E-state index is 0.00151. The number of nitriles is 1. The van der Waals surface area contributed by atoms with E-state index in [1.807, 2.05) is 6.92 Å². The first-order valence-corrected chi connectivity index (χ1v) is 5.88. The fourth-order valence-electron chi connectivity index (χ4n) is 3.10. The van der Waals surface area contributed by atoms with Gasteiger partial charge in [-0.25, -0.2) is 0 Å². The topological polar surface area (TPSA) is 52.9 Å². The van der Waals surface area contributed by atoms with Crippen molar-refractivity contribution in [2.75, 3.05) is 0 Å². The molecule has 1 N–H and O–H groups in total. The van der Waals surface area contributed by atoms with Crippen LogP contribution in [0.2, 0.25) is 0 Å². The van der Waals surface area contributed by atoms with Crippen molar-refractivity contribution < 1.29 is 4.79 Å². The van der Waals surface area contributed by atoms with E-state index >= 15 is 0 Å². The molecular formula is C12H18N2O. The lowest BCUT2D eigenvalue weighted by Gasteiger charge is -2.22. The molecule has 0 heterocycles. The van der Waals surface area contributed by atoms with Crippen LogP contribution in [0.1, 0.15) is 39.0 Å². The van der Waals surface area contributed by atoms with Crippen molar-refractivity contribution in [1.82, 2.24) is 5.32 Å². The van der Waals surface area contributed by atoms with Gasteiger partial charge in [-0.2, -0.15) is 5.26 Å². The van der Waals surface area contributed by atoms with Crippen LogP contribution in [0, 0.1) is 29.1 Å². The van der Waals surface area contributed by atoms with Gasteiger partial charge >= 0.3 is 0 Å². The molecule has 2 fully saturated rings. The highest BCUT2D eigenvalue weighted by atomic mass is 16.2. The summed E-state index contributed by atoms with van der Waals surface area (Å²) in [4.78, 5) is 11.9. The molecule has 0 aromatic rings. The molecule has 2 saturated carbocycles. The first kappa shape index (κ1) is 10.5. The molecule has 0 saturated heterocycles. The maximum absolute atomic E-state index is 11.9. The maximum atomic E-state index is 11.9. The number of nitrogens with one attached hydrogen (secondary N) is 1. The number of nitrogens with zero attached hydrogens (tertiary/aromatic N) is 1. The van der Waals surface area contributed by atoms with Gasteiger partial charge < -0.3 is 5.32 Å². The van der Waals surface area contributed by atoms with Crippen molar-refractivity contribution >= 4 is 5.91 Å². The van der Waals surface area contributed by atoms with Gasteiger partial charge in [0.15, 0.2) is 0 Å². The lowest BCUT2D eigenvalue weighted by Crippen LogP contribution is -2.38. The molecule has 4 atom stereocenters. The van der Waals surface area contributed by atoms with Crippen molar-refractivity contribution in [3.8, 4) is 6.07 Å². The van der Waals surface area contributed by atoms with Gasteiger partial charge in [-0.1, -0.05) is 6.42 Å². The summed E-state index contributed by atoms with van der Waals surface area (Å²) < 4.78 is 0. The Kier molecular flexibility index (Phi) is 2.95. The molecule has 2 rings (SSSR count). The smallest absolute Gasteiger partial charge is 0.223 e. The second-order valence-corrected chi connectivity index (χ2v) is 5.05. The quantitative estimate of drug-likeness (QED) is 0.766. The van der Waals surface area contributed by atoms with Gasteiger partial charge in [0.25, 0.3) is 0 Å². The molecule has 2 aliphatic rings. The first-order valence-electron chi connectivity index (χ1n) is 5.88. The van der Waals surface area contributed by atoms with Crippen molar-refractivity contribution in [3.63, 3.8) is 0 Å². The molecule has 0 aromatic heterocycles. The average Bonchev–Trinajstić information content (AvgIpc) is 2.78. The van der Waals surface area contributed by atoms with Gasteiger partial charge in [0.05, 0.1) is 12.5 Å². The summed E-state index contributed by atoms with van der Waals surface area (Å²) in [5, 5.41) is 11.5. The van der Waals surface area contributed by atoms with Crippen LogP contribution in [0.4, 0.5) is 0 Å². The van der Waals surface area contributed by atoms with Gasteiger partial charge in [0, 0.05) is 12.0 Å². The summed E-state index contributed by atoms with van der Waals surface area (Å²) in [6.07, 6.45) is 5.30. The van der Waals surface area contributed by atoms with Crippen molar-refractivity contribution in [2.24, 2.45) is 17.8 Å². The molecule has 0 spiro atoms. The Morgan fingerprint density at radius 1 is 1.53 bits per heavy atom. The molecule has 0 aromatic carbocycles. The first-order chi connectivity index (χ1) is 7.20. The van der Waals surface area contributed by atoms with Crippen LogP contribution in [0.25, 0.3) is 0 Å². The Bertz CT molecular complexity index is 294. The number of carbonyl (C=O) groups excluding carboxylic acids is 1. The summed E-state index contributed by atoms with van der Waals surface area (Å²) in [7, 11) is 0. The number of carbonyl (C=O) groups is 1. The second kappa shape index (κ2) is 4.22. The summed E-state index contributed by atoms with van der Waals surface area (Å²) in [5.41, 5.74) is 0. The third-order valence-electron chi connectivity index (χ3n) is 3.86. The molecule has 3 nitrogen and oxygen atoms in total. The van der Waals surface area contributed by atoms with Gasteiger partial charge in [-0.15, -0.1) is 0 Å². The van der Waals surface area contributed by atoms with E-state index in [2.05, 4.69) is 11.4 Å². The molecule has 0 radical (unpaired) electrons. The van der Waals surface area contributed by atoms with E-state index in [0.29, 0.717) is 12.3 Å². The SMILES string of the molecule is CC(CC#N)NC(=O)C1CC2CCC1C2. The predicted octanol–water partition coefficient (Wildman–Crippen LogP) is 1.84. The van der Waals surface area contributed by atoms with Crippen molar-refractivity contribution in [2.45, 2.75) is 45.1 Å². The molecule has 3 heteroatoms. The van der Waals surface area contributed by atoms with E-state index in [4.69, 9.17) is 5.26 Å². The zero-order valence-corrected chi connectivity index (χ0v) is 9.20. The Balaban J connectivity index is 1.84. The van der Waals surface area contributed by atoms with Crippen LogP contribution in [0.3, 0.4) is 0 Å². The van der Waals surface area contributed by atoms with Crippen LogP contribution in [0.5, 0.6) is 0 Å². The Morgan fingerprint density at radius 2 is 2.33 bits per heavy atom. The zero-order chi connectivity index (χ0) is 10.8. The van der Waals surface area contributed by atoms with E-state index in [1.165, 1.54) is 19.3 Å². The monoisotopic (exact) mass is 206 g/mol. The maximum Gasteiger partial charge on any atom is 0.223 e. The third-order valence-corrected chi connectivity index (χ3v) is 3.86. The van der Waals surface area contributed by atoms with Gasteiger partial charge in [-0.3, -0.25) is 4.79 Å². The lowest BCUT2D eigenvalue weighted by molar-refractivity contribution is -0.127. The molecule has 2 aliphatic carbocycles. The highest BCUT2D eigenvalue weighted by Gasteiger charge is 2.43. The van der Waals surface area contributed by atoms with E-state index in [0.717, 1.165) is 12.3 Å². The molecule has 1 amide bonds. The largest absolute Gasteiger partial charge is 0.352 e. The average molecular weight is 206 g/mol. The molecule has 82 valence electrons. The predicted molar refractivity (Wildman–Crippen MR) is 56.8 cm³/mol. The number of amides is 1. The summed E-state index contributed by atoms with van der Waals surface area (Å²) >= 11 is 0. The number of hydrogen-bond donors (Lipinski definition) is 1. The van der Waals surface area contributed by atoms with Gasteiger partial charge in [0.1, 0.15) is 0 Å². The normalized spacial score (nSPS) is 34.8. The van der Waals surface area contributed by atoms with Crippen LogP contribution in [-0.2, 0) is 4.79 Å². The van der Waals surface area contributed by atoms with Crippen LogP contribution in [-0.4, -0.2) is 11.9 Å². The molecular weight excluding hydrogens is 188 g/mol. The highest BCUT2D eigenvalue weighted by molar-refractivity contribution is 5.79. The highest BCUT2D eigenvalue weighted by Crippen LogP contribution is 2.48. The molecule has 0 aliphatic heterocycles. The van der Waals surface area contributed by atoms with E-state index in [1.54, 1.807) is 0 Å². The van der Waals surface area contributed by atoms with E-state index in [9.17, 15) is 4.79 Å². The fraction of sp³-hybridized carbons (Fsp3) is 0.833. The fourth-order valence-corrected chi connectivity index (χ4v) is 3.10. The third kappa shape index (κ3) is 2.14. The van der Waals surface area contributed by atoms with E-state index in [-0.39, 0.29) is 17.9 Å².